The Kier molecular flexibility index (Phi) is 5.40. The van der Waals surface area contributed by atoms with Gasteiger partial charge in [0, 0.05) is 6.42 Å². The molecule has 0 aliphatic heterocycles. The molecule has 1 aliphatic rings. The molecule has 1 heteroatoms. The third-order valence-corrected chi connectivity index (χ3v) is 5.07. The second-order valence-corrected chi connectivity index (χ2v) is 7.39. The van der Waals surface area contributed by atoms with E-state index >= 15 is 0 Å². The Hall–Kier alpha value is -2.02. The molecular weight excluding hydrogens is 292 g/mol. The van der Waals surface area contributed by atoms with Crippen molar-refractivity contribution < 1.29 is 4.74 Å². The van der Waals surface area contributed by atoms with Crippen molar-refractivity contribution in [2.45, 2.75) is 51.4 Å². The normalized spacial score (nSPS) is 15.6. The zero-order chi connectivity index (χ0) is 16.8. The number of hydrogen-bond donors (Lipinski definition) is 0. The largest absolute Gasteiger partial charge is 0.501 e. The molecule has 0 unspecified atom stereocenters. The topological polar surface area (TPSA) is 9.23 Å². The van der Waals surface area contributed by atoms with E-state index in [4.69, 9.17) is 4.74 Å². The highest BCUT2D eigenvalue weighted by Gasteiger charge is 2.29. The van der Waals surface area contributed by atoms with E-state index in [1.807, 2.05) is 12.3 Å². The molecule has 3 rings (SSSR count). The summed E-state index contributed by atoms with van der Waals surface area (Å²) < 4.78 is 5.60. The van der Waals surface area contributed by atoms with Gasteiger partial charge in [0.25, 0.3) is 0 Å². The lowest BCUT2D eigenvalue weighted by Crippen LogP contribution is -2.12. The van der Waals surface area contributed by atoms with E-state index in [9.17, 15) is 0 Å². The van der Waals surface area contributed by atoms with Crippen LogP contribution in [0, 0.1) is 0 Å². The molecule has 0 radical (unpaired) electrons. The molecular formula is C23H28O. The molecule has 0 heterocycles. The van der Waals surface area contributed by atoms with Crippen molar-refractivity contribution in [1.29, 1.82) is 0 Å². The maximum atomic E-state index is 5.60. The summed E-state index contributed by atoms with van der Waals surface area (Å²) in [5.74, 6) is 0. The van der Waals surface area contributed by atoms with Gasteiger partial charge in [-0.15, -0.1) is 0 Å². The van der Waals surface area contributed by atoms with Crippen LogP contribution in [-0.4, -0.2) is 6.61 Å². The van der Waals surface area contributed by atoms with E-state index < -0.39 is 0 Å². The van der Waals surface area contributed by atoms with Crippen LogP contribution in [0.1, 0.15) is 48.9 Å². The summed E-state index contributed by atoms with van der Waals surface area (Å²) in [6.07, 6.45) is 9.60. The molecule has 0 atom stereocenters. The van der Waals surface area contributed by atoms with E-state index in [0.717, 1.165) is 25.9 Å². The van der Waals surface area contributed by atoms with Crippen molar-refractivity contribution in [3.8, 4) is 0 Å². The average Bonchev–Trinajstić information content (AvgIpc) is 2.90. The zero-order valence-electron chi connectivity index (χ0n) is 14.9. The van der Waals surface area contributed by atoms with Gasteiger partial charge in [0.05, 0.1) is 12.9 Å². The maximum absolute atomic E-state index is 5.60. The minimum absolute atomic E-state index is 0.349. The highest BCUT2D eigenvalue weighted by molar-refractivity contribution is 5.41. The van der Waals surface area contributed by atoms with E-state index in [0.29, 0.717) is 5.41 Å². The number of fused-ring (bicyclic) bond motifs is 1. The predicted octanol–water partition coefficient (Wildman–Crippen LogP) is 5.62. The monoisotopic (exact) mass is 320 g/mol. The number of ether oxygens (including phenoxy) is 1. The van der Waals surface area contributed by atoms with Crippen LogP contribution < -0.4 is 0 Å². The molecule has 24 heavy (non-hydrogen) atoms. The van der Waals surface area contributed by atoms with E-state index in [2.05, 4.69) is 62.4 Å². The second kappa shape index (κ2) is 7.70. The summed E-state index contributed by atoms with van der Waals surface area (Å²) in [5.41, 5.74) is 6.22. The summed E-state index contributed by atoms with van der Waals surface area (Å²) >= 11 is 0. The molecule has 1 aliphatic carbocycles. The zero-order valence-corrected chi connectivity index (χ0v) is 14.9. The lowest BCUT2D eigenvalue weighted by atomic mass is 9.85. The molecule has 2 aromatic rings. The van der Waals surface area contributed by atoms with Crippen LogP contribution in [0.15, 0.2) is 60.9 Å². The summed E-state index contributed by atoms with van der Waals surface area (Å²) in [4.78, 5) is 0. The highest BCUT2D eigenvalue weighted by atomic mass is 16.5. The Bertz CT molecular complexity index is 682. The van der Waals surface area contributed by atoms with E-state index in [1.165, 1.54) is 24.0 Å². The molecule has 0 amide bonds. The quantitative estimate of drug-likeness (QED) is 0.475. The Morgan fingerprint density at radius 3 is 2.67 bits per heavy atom. The minimum atomic E-state index is 0.349. The van der Waals surface area contributed by atoms with E-state index in [-0.39, 0.29) is 0 Å². The summed E-state index contributed by atoms with van der Waals surface area (Å²) in [6, 6.07) is 17.5. The summed E-state index contributed by atoms with van der Waals surface area (Å²) in [7, 11) is 0. The van der Waals surface area contributed by atoms with Gasteiger partial charge in [-0.05, 0) is 59.4 Å². The first-order valence-electron chi connectivity index (χ1n) is 9.08. The maximum Gasteiger partial charge on any atom is 0.0913 e. The van der Waals surface area contributed by atoms with Gasteiger partial charge in [-0.25, -0.2) is 0 Å². The van der Waals surface area contributed by atoms with E-state index in [1.54, 1.807) is 11.1 Å². The Labute approximate surface area is 146 Å². The molecule has 1 nitrogen and oxygen atoms in total. The Morgan fingerprint density at radius 2 is 1.83 bits per heavy atom. The summed E-state index contributed by atoms with van der Waals surface area (Å²) in [5, 5.41) is 0. The van der Waals surface area contributed by atoms with Crippen molar-refractivity contribution in [3.63, 3.8) is 0 Å². The first-order valence-corrected chi connectivity index (χ1v) is 9.08. The van der Waals surface area contributed by atoms with Gasteiger partial charge in [-0.1, -0.05) is 62.4 Å². The van der Waals surface area contributed by atoms with Gasteiger partial charge in [-0.2, -0.15) is 0 Å². The smallest absolute Gasteiger partial charge is 0.0913 e. The lowest BCUT2D eigenvalue weighted by Gasteiger charge is -2.19. The molecule has 0 saturated carbocycles. The van der Waals surface area contributed by atoms with Crippen LogP contribution >= 0.6 is 0 Å². The predicted molar refractivity (Wildman–Crippen MR) is 101 cm³/mol. The molecule has 0 bridgehead atoms. The highest BCUT2D eigenvalue weighted by Crippen LogP contribution is 2.38. The number of rotatable bonds is 7. The van der Waals surface area contributed by atoms with Gasteiger partial charge in [0.1, 0.15) is 0 Å². The molecule has 0 N–H and O–H groups in total. The average molecular weight is 320 g/mol. The molecule has 0 spiro atoms. The second-order valence-electron chi connectivity index (χ2n) is 7.39. The fourth-order valence-electron chi connectivity index (χ4n) is 3.48. The SMILES string of the molecule is CC1(C)CCc2ccc(CCC=COCCc3ccccc3)cc21. The lowest BCUT2D eigenvalue weighted by molar-refractivity contribution is 0.252. The molecule has 0 saturated heterocycles. The van der Waals surface area contributed by atoms with Crippen molar-refractivity contribution in [2.24, 2.45) is 0 Å². The van der Waals surface area contributed by atoms with Gasteiger partial charge >= 0.3 is 0 Å². The fourth-order valence-corrected chi connectivity index (χ4v) is 3.48. The van der Waals surface area contributed by atoms with Crippen molar-refractivity contribution in [2.75, 3.05) is 6.61 Å². The number of allylic oxidation sites excluding steroid dienone is 1. The van der Waals surface area contributed by atoms with Crippen LogP contribution in [0.25, 0.3) is 0 Å². The van der Waals surface area contributed by atoms with Crippen LogP contribution in [0.5, 0.6) is 0 Å². The van der Waals surface area contributed by atoms with Gasteiger partial charge in [0.15, 0.2) is 0 Å². The van der Waals surface area contributed by atoms with Gasteiger partial charge in [-0.3, -0.25) is 0 Å². The van der Waals surface area contributed by atoms with Gasteiger partial charge < -0.3 is 4.74 Å². The van der Waals surface area contributed by atoms with Crippen molar-refractivity contribution in [1.82, 2.24) is 0 Å². The summed E-state index contributed by atoms with van der Waals surface area (Å²) in [6.45, 7) is 5.47. The van der Waals surface area contributed by atoms with Crippen molar-refractivity contribution >= 4 is 0 Å². The van der Waals surface area contributed by atoms with Crippen LogP contribution in [-0.2, 0) is 29.4 Å². The Morgan fingerprint density at radius 1 is 1.00 bits per heavy atom. The first-order chi connectivity index (χ1) is 11.6. The van der Waals surface area contributed by atoms with Gasteiger partial charge in [0.2, 0.25) is 0 Å². The standard InChI is InChI=1S/C23H28O/c1-23(2)15-13-21-12-11-20(18-22(21)23)10-6-7-16-24-17-14-19-8-4-3-5-9-19/h3-5,7-9,11-12,16,18H,6,10,13-15,17H2,1-2H3. The fraction of sp³-hybridized carbons (Fsp3) is 0.391. The molecule has 126 valence electrons. The third-order valence-electron chi connectivity index (χ3n) is 5.07. The number of aryl methyl sites for hydroxylation is 2. The third kappa shape index (κ3) is 4.29. The number of hydrogen-bond acceptors (Lipinski definition) is 1. The number of benzene rings is 2. The minimum Gasteiger partial charge on any atom is -0.501 e. The first kappa shape index (κ1) is 16.8. The Balaban J connectivity index is 1.41. The van der Waals surface area contributed by atoms with Crippen LogP contribution in [0.3, 0.4) is 0 Å². The van der Waals surface area contributed by atoms with Crippen LogP contribution in [0.4, 0.5) is 0 Å². The van der Waals surface area contributed by atoms with Crippen LogP contribution in [0.2, 0.25) is 0 Å². The molecule has 2 aromatic carbocycles. The molecule has 0 aromatic heterocycles. The molecule has 0 fully saturated rings. The van der Waals surface area contributed by atoms with Crippen molar-refractivity contribution in [3.05, 3.63) is 83.1 Å².